The van der Waals surface area contributed by atoms with Crippen LogP contribution < -0.4 is 0 Å². The van der Waals surface area contributed by atoms with E-state index in [9.17, 15) is 4.79 Å². The molecular weight excluding hydrogens is 336 g/mol. The summed E-state index contributed by atoms with van der Waals surface area (Å²) in [5, 5.41) is 0. The normalized spacial score (nSPS) is 36.7. The van der Waals surface area contributed by atoms with Crippen LogP contribution in [0.5, 0.6) is 0 Å². The lowest BCUT2D eigenvalue weighted by Crippen LogP contribution is -2.40. The van der Waals surface area contributed by atoms with Crippen molar-refractivity contribution >= 4 is 5.97 Å². The van der Waals surface area contributed by atoms with Gasteiger partial charge in [-0.15, -0.1) is 0 Å². The first-order valence-electron chi connectivity index (χ1n) is 10.0. The third kappa shape index (κ3) is 7.14. The highest BCUT2D eigenvalue weighted by molar-refractivity contribution is 5.70. The molecule has 0 spiro atoms. The number of carbonyl (C=O) groups excluding carboxylic acids is 1. The lowest BCUT2D eigenvalue weighted by Gasteiger charge is -2.37. The Balaban J connectivity index is 2.08. The molecule has 26 heavy (non-hydrogen) atoms. The molecule has 6 heteroatoms. The van der Waals surface area contributed by atoms with Gasteiger partial charge in [-0.2, -0.15) is 0 Å². The third-order valence-electron chi connectivity index (χ3n) is 5.35. The van der Waals surface area contributed by atoms with E-state index < -0.39 is 0 Å². The summed E-state index contributed by atoms with van der Waals surface area (Å²) >= 11 is 0. The van der Waals surface area contributed by atoms with Gasteiger partial charge >= 0.3 is 5.97 Å². The van der Waals surface area contributed by atoms with Crippen molar-refractivity contribution in [1.82, 2.24) is 0 Å². The minimum atomic E-state index is -0.178. The van der Waals surface area contributed by atoms with Gasteiger partial charge in [-0.25, -0.2) is 0 Å². The monoisotopic (exact) mass is 372 g/mol. The average molecular weight is 373 g/mol. The molecule has 0 amide bonds. The van der Waals surface area contributed by atoms with Crippen molar-refractivity contribution in [2.75, 3.05) is 21.0 Å². The molecule has 0 aromatic rings. The Hall–Kier alpha value is -0.690. The minimum Gasteiger partial charge on any atom is -0.462 e. The van der Waals surface area contributed by atoms with Crippen LogP contribution in [0.15, 0.2) is 0 Å². The van der Waals surface area contributed by atoms with Gasteiger partial charge < -0.3 is 23.7 Å². The molecule has 0 radical (unpaired) electrons. The minimum absolute atomic E-state index is 0.0614. The highest BCUT2D eigenvalue weighted by Crippen LogP contribution is 2.31. The van der Waals surface area contributed by atoms with E-state index in [1.165, 1.54) is 0 Å². The number of hydrogen-bond acceptors (Lipinski definition) is 6. The summed E-state index contributed by atoms with van der Waals surface area (Å²) in [5.41, 5.74) is 0. The second-order valence-corrected chi connectivity index (χ2v) is 7.82. The van der Waals surface area contributed by atoms with Gasteiger partial charge in [0.25, 0.3) is 0 Å². The molecule has 0 unspecified atom stereocenters. The van der Waals surface area contributed by atoms with E-state index >= 15 is 0 Å². The van der Waals surface area contributed by atoms with Gasteiger partial charge in [0.15, 0.2) is 0 Å². The molecule has 0 aliphatic carbocycles. The van der Waals surface area contributed by atoms with E-state index in [1.54, 1.807) is 14.2 Å². The molecule has 0 saturated carbocycles. The van der Waals surface area contributed by atoms with E-state index in [1.807, 2.05) is 0 Å². The van der Waals surface area contributed by atoms with Crippen molar-refractivity contribution in [3.8, 4) is 0 Å². The summed E-state index contributed by atoms with van der Waals surface area (Å²) < 4.78 is 28.5. The maximum atomic E-state index is 12.5. The van der Waals surface area contributed by atoms with Crippen molar-refractivity contribution < 1.29 is 28.5 Å². The van der Waals surface area contributed by atoms with Crippen LogP contribution in [0.2, 0.25) is 0 Å². The molecule has 2 saturated heterocycles. The average Bonchev–Trinajstić information content (AvgIpc) is 2.58. The second-order valence-electron chi connectivity index (χ2n) is 7.82. The van der Waals surface area contributed by atoms with Crippen molar-refractivity contribution in [2.45, 2.75) is 95.7 Å². The van der Waals surface area contributed by atoms with Gasteiger partial charge in [0.05, 0.1) is 30.8 Å². The van der Waals surface area contributed by atoms with Gasteiger partial charge in [0, 0.05) is 27.1 Å². The standard InChI is InChI=1S/C20H36O6/c1-5-6-15-9-16(23-4)7-14(2)8-18-10-17(24-13-22-3)11-19(25-18)12-20(21)26-15/h14-19H,5-13H2,1-4H3/t14-,15-,16-,17+,18+,19+/m0/s1. The van der Waals surface area contributed by atoms with Gasteiger partial charge in [0.2, 0.25) is 0 Å². The first-order valence-corrected chi connectivity index (χ1v) is 10.0. The lowest BCUT2D eigenvalue weighted by atomic mass is 9.89. The Morgan fingerprint density at radius 2 is 1.81 bits per heavy atom. The van der Waals surface area contributed by atoms with Gasteiger partial charge in [0.1, 0.15) is 12.9 Å². The fourth-order valence-electron chi connectivity index (χ4n) is 4.19. The zero-order chi connectivity index (χ0) is 18.9. The maximum absolute atomic E-state index is 12.5. The molecule has 0 N–H and O–H groups in total. The smallest absolute Gasteiger partial charge is 0.308 e. The summed E-state index contributed by atoms with van der Waals surface area (Å²) in [5.74, 6) is 0.298. The summed E-state index contributed by atoms with van der Waals surface area (Å²) in [4.78, 5) is 12.5. The molecule has 0 aromatic heterocycles. The molecule has 2 aliphatic rings. The summed E-state index contributed by atoms with van der Waals surface area (Å²) in [6.07, 6.45) is 6.41. The largest absolute Gasteiger partial charge is 0.462 e. The topological polar surface area (TPSA) is 63.2 Å². The van der Waals surface area contributed by atoms with E-state index in [2.05, 4.69) is 13.8 Å². The van der Waals surface area contributed by atoms with Crippen LogP contribution in [-0.2, 0) is 28.5 Å². The number of cyclic esters (lactones) is 1. The molecule has 2 rings (SSSR count). The van der Waals surface area contributed by atoms with E-state index in [-0.39, 0.29) is 49.7 Å². The van der Waals surface area contributed by atoms with E-state index in [0.717, 1.165) is 38.5 Å². The van der Waals surface area contributed by atoms with Crippen molar-refractivity contribution in [1.29, 1.82) is 0 Å². The molecule has 2 heterocycles. The van der Waals surface area contributed by atoms with Crippen LogP contribution in [-0.4, -0.2) is 57.5 Å². The van der Waals surface area contributed by atoms with Crippen LogP contribution >= 0.6 is 0 Å². The van der Waals surface area contributed by atoms with E-state index in [0.29, 0.717) is 12.3 Å². The van der Waals surface area contributed by atoms with Crippen LogP contribution in [0, 0.1) is 5.92 Å². The summed E-state index contributed by atoms with van der Waals surface area (Å²) in [7, 11) is 3.37. The van der Waals surface area contributed by atoms with Gasteiger partial charge in [-0.1, -0.05) is 20.3 Å². The van der Waals surface area contributed by atoms with Crippen LogP contribution in [0.4, 0.5) is 0 Å². The number of ether oxygens (including phenoxy) is 5. The Bertz CT molecular complexity index is 415. The Kier molecular flexibility index (Phi) is 9.33. The number of carbonyl (C=O) groups is 1. The molecule has 6 atom stereocenters. The summed E-state index contributed by atoms with van der Waals surface area (Å²) in [6.45, 7) is 4.63. The van der Waals surface area contributed by atoms with E-state index in [4.69, 9.17) is 23.7 Å². The lowest BCUT2D eigenvalue weighted by molar-refractivity contribution is -0.171. The Morgan fingerprint density at radius 3 is 2.50 bits per heavy atom. The maximum Gasteiger partial charge on any atom is 0.308 e. The highest BCUT2D eigenvalue weighted by Gasteiger charge is 2.34. The van der Waals surface area contributed by atoms with Crippen molar-refractivity contribution in [2.24, 2.45) is 5.92 Å². The van der Waals surface area contributed by atoms with Crippen LogP contribution in [0.25, 0.3) is 0 Å². The van der Waals surface area contributed by atoms with Crippen molar-refractivity contribution in [3.63, 3.8) is 0 Å². The number of esters is 1. The molecule has 2 aliphatic heterocycles. The third-order valence-corrected chi connectivity index (χ3v) is 5.35. The first kappa shape index (κ1) is 21.6. The van der Waals surface area contributed by atoms with Gasteiger partial charge in [-0.05, 0) is 31.6 Å². The SMILES string of the molecule is CCC[C@H]1C[C@@H](OC)C[C@H](C)C[C@@H]2C[C@@H](OCOC)C[C@H](CC(=O)O1)O2. The van der Waals surface area contributed by atoms with Crippen LogP contribution in [0.1, 0.15) is 65.2 Å². The number of methoxy groups -OCH3 is 2. The first-order chi connectivity index (χ1) is 12.5. The van der Waals surface area contributed by atoms with Crippen LogP contribution in [0.3, 0.4) is 0 Å². The number of hydrogen-bond donors (Lipinski definition) is 0. The second kappa shape index (κ2) is 11.2. The highest BCUT2D eigenvalue weighted by atomic mass is 16.7. The summed E-state index contributed by atoms with van der Waals surface area (Å²) in [6, 6.07) is 0. The predicted octanol–water partition coefficient (Wildman–Crippen LogP) is 3.46. The van der Waals surface area contributed by atoms with Gasteiger partial charge in [-0.3, -0.25) is 4.79 Å². The molecular formula is C20H36O6. The Morgan fingerprint density at radius 1 is 1.04 bits per heavy atom. The quantitative estimate of drug-likeness (QED) is 0.526. The Labute approximate surface area is 157 Å². The molecule has 0 aromatic carbocycles. The molecule has 152 valence electrons. The molecule has 6 nitrogen and oxygen atoms in total. The fraction of sp³-hybridized carbons (Fsp3) is 0.950. The molecule has 2 fully saturated rings. The number of fused-ring (bicyclic) bond motifs is 2. The zero-order valence-corrected chi connectivity index (χ0v) is 16.8. The van der Waals surface area contributed by atoms with Crippen molar-refractivity contribution in [3.05, 3.63) is 0 Å². The number of rotatable bonds is 6. The fourth-order valence-corrected chi connectivity index (χ4v) is 4.19. The predicted molar refractivity (Wildman–Crippen MR) is 97.9 cm³/mol. The molecule has 2 bridgehead atoms. The zero-order valence-electron chi connectivity index (χ0n) is 16.8.